The zero-order valence-corrected chi connectivity index (χ0v) is 16.8. The van der Waals surface area contributed by atoms with Crippen molar-refractivity contribution in [1.82, 2.24) is 0 Å². The van der Waals surface area contributed by atoms with Crippen LogP contribution in [-0.2, 0) is 0 Å². The summed E-state index contributed by atoms with van der Waals surface area (Å²) in [5.74, 6) is -0.612. The minimum Gasteiger partial charge on any atom is -0.366 e. The molecule has 2 aliphatic heterocycles. The summed E-state index contributed by atoms with van der Waals surface area (Å²) in [5.41, 5.74) is 0.106. The quantitative estimate of drug-likeness (QED) is 0.756. The van der Waals surface area contributed by atoms with Crippen molar-refractivity contribution < 1.29 is 14.7 Å². The van der Waals surface area contributed by atoms with E-state index < -0.39 is 5.72 Å². The van der Waals surface area contributed by atoms with Crippen LogP contribution in [0.5, 0.6) is 0 Å². The van der Waals surface area contributed by atoms with Crippen LogP contribution in [0.3, 0.4) is 0 Å². The molecule has 2 aromatic rings. The summed E-state index contributed by atoms with van der Waals surface area (Å²) in [4.78, 5) is 34.0. The Morgan fingerprint density at radius 2 is 1.69 bits per heavy atom. The maximum atomic E-state index is 13.5. The smallest absolute Gasteiger partial charge is 0.212 e. The number of para-hydroxylation sites is 1. The van der Waals surface area contributed by atoms with Gasteiger partial charge in [0.15, 0.2) is 16.7 Å². The van der Waals surface area contributed by atoms with E-state index in [1.165, 1.54) is 11.8 Å². The third-order valence-corrected chi connectivity index (χ3v) is 6.72. The van der Waals surface area contributed by atoms with E-state index in [-0.39, 0.29) is 22.8 Å². The van der Waals surface area contributed by atoms with Crippen molar-refractivity contribution in [2.24, 2.45) is 4.99 Å². The predicted molar refractivity (Wildman–Crippen MR) is 113 cm³/mol. The Morgan fingerprint density at radius 3 is 2.45 bits per heavy atom. The average molecular weight is 404 g/mol. The molecule has 1 atom stereocenters. The molecule has 0 fully saturated rings. The lowest BCUT2D eigenvalue weighted by Crippen LogP contribution is -2.56. The van der Waals surface area contributed by atoms with Crippen molar-refractivity contribution in [2.45, 2.75) is 43.2 Å². The van der Waals surface area contributed by atoms with Crippen LogP contribution in [0.25, 0.3) is 0 Å². The Labute approximate surface area is 173 Å². The number of carbonyl (C=O) groups excluding carboxylic acids is 2. The summed E-state index contributed by atoms with van der Waals surface area (Å²) in [6.07, 6.45) is 3.01. The molecule has 0 amide bonds. The largest absolute Gasteiger partial charge is 0.366 e. The first-order valence-corrected chi connectivity index (χ1v) is 10.7. The second kappa shape index (κ2) is 6.68. The number of carbonyl (C=O) groups is 2. The lowest BCUT2D eigenvalue weighted by molar-refractivity contribution is 0.0613. The van der Waals surface area contributed by atoms with Gasteiger partial charge in [0.2, 0.25) is 5.78 Å². The molecule has 1 unspecified atom stereocenters. The van der Waals surface area contributed by atoms with E-state index in [1.54, 1.807) is 29.2 Å². The number of hydrogen-bond donors (Lipinski definition) is 1. The molecule has 0 saturated carbocycles. The highest BCUT2D eigenvalue weighted by Gasteiger charge is 2.54. The Balaban J connectivity index is 1.72. The number of rotatable bonds is 4. The molecule has 0 bridgehead atoms. The van der Waals surface area contributed by atoms with Crippen LogP contribution in [0.4, 0.5) is 5.69 Å². The molecule has 29 heavy (non-hydrogen) atoms. The van der Waals surface area contributed by atoms with Crippen LogP contribution in [0.2, 0.25) is 0 Å². The van der Waals surface area contributed by atoms with Crippen molar-refractivity contribution in [2.75, 3.05) is 4.90 Å². The SMILES string of the molecule is CCCCCC1(O)C2=C(N=C3Sc4ccccc4N31)C(=O)c1ccccc1C2=O. The van der Waals surface area contributed by atoms with Gasteiger partial charge < -0.3 is 5.11 Å². The first-order chi connectivity index (χ1) is 14.1. The van der Waals surface area contributed by atoms with E-state index in [2.05, 4.69) is 11.9 Å². The molecule has 6 heteroatoms. The van der Waals surface area contributed by atoms with E-state index >= 15 is 0 Å². The van der Waals surface area contributed by atoms with Gasteiger partial charge in [-0.2, -0.15) is 0 Å². The molecule has 5 nitrogen and oxygen atoms in total. The first kappa shape index (κ1) is 18.3. The van der Waals surface area contributed by atoms with Crippen LogP contribution in [-0.4, -0.2) is 27.6 Å². The van der Waals surface area contributed by atoms with Crippen LogP contribution < -0.4 is 4.90 Å². The topological polar surface area (TPSA) is 70.0 Å². The molecule has 0 aromatic heterocycles. The Kier molecular flexibility index (Phi) is 4.22. The Morgan fingerprint density at radius 1 is 1.00 bits per heavy atom. The van der Waals surface area contributed by atoms with Gasteiger partial charge in [0.25, 0.3) is 0 Å². The molecular formula is C23H20N2O3S. The fourth-order valence-corrected chi connectivity index (χ4v) is 5.40. The van der Waals surface area contributed by atoms with Gasteiger partial charge in [-0.3, -0.25) is 14.5 Å². The summed E-state index contributed by atoms with van der Waals surface area (Å²) in [6.45, 7) is 2.09. The van der Waals surface area contributed by atoms with Crippen LogP contribution in [0.1, 0.15) is 53.3 Å². The number of thioether (sulfide) groups is 1. The number of aliphatic hydroxyl groups is 1. The van der Waals surface area contributed by atoms with Crippen LogP contribution >= 0.6 is 11.8 Å². The maximum absolute atomic E-state index is 13.5. The molecule has 1 aliphatic carbocycles. The minimum absolute atomic E-state index is 0.0826. The van der Waals surface area contributed by atoms with Crippen molar-refractivity contribution in [3.8, 4) is 0 Å². The van der Waals surface area contributed by atoms with Crippen LogP contribution in [0.15, 0.2) is 69.7 Å². The number of allylic oxidation sites excluding steroid dienone is 1. The Hall–Kier alpha value is -2.70. The van der Waals surface area contributed by atoms with Gasteiger partial charge in [-0.1, -0.05) is 56.2 Å². The fraction of sp³-hybridized carbons (Fsp3) is 0.261. The van der Waals surface area contributed by atoms with Gasteiger partial charge in [-0.25, -0.2) is 4.99 Å². The molecule has 146 valence electrons. The zero-order valence-electron chi connectivity index (χ0n) is 16.0. The first-order valence-electron chi connectivity index (χ1n) is 9.87. The zero-order chi connectivity index (χ0) is 20.2. The number of fused-ring (bicyclic) bond motifs is 4. The molecule has 2 heterocycles. The molecule has 5 rings (SSSR count). The number of benzene rings is 2. The highest BCUT2D eigenvalue weighted by atomic mass is 32.2. The van der Waals surface area contributed by atoms with E-state index in [1.807, 2.05) is 24.3 Å². The number of amidine groups is 1. The maximum Gasteiger partial charge on any atom is 0.212 e. The van der Waals surface area contributed by atoms with Crippen molar-refractivity contribution in [3.05, 3.63) is 70.9 Å². The summed E-state index contributed by atoms with van der Waals surface area (Å²) < 4.78 is 0. The van der Waals surface area contributed by atoms with Gasteiger partial charge in [0.1, 0.15) is 5.70 Å². The van der Waals surface area contributed by atoms with E-state index in [9.17, 15) is 14.7 Å². The highest BCUT2D eigenvalue weighted by Crippen LogP contribution is 2.51. The third-order valence-electron chi connectivity index (χ3n) is 5.70. The minimum atomic E-state index is -1.60. The highest BCUT2D eigenvalue weighted by molar-refractivity contribution is 8.14. The van der Waals surface area contributed by atoms with E-state index in [0.29, 0.717) is 22.7 Å². The predicted octanol–water partition coefficient (Wildman–Crippen LogP) is 4.57. The molecule has 2 aromatic carbocycles. The van der Waals surface area contributed by atoms with Crippen molar-refractivity contribution >= 4 is 34.2 Å². The molecule has 0 saturated heterocycles. The van der Waals surface area contributed by atoms with Gasteiger partial charge in [0, 0.05) is 22.4 Å². The van der Waals surface area contributed by atoms with Gasteiger partial charge in [-0.05, 0) is 30.3 Å². The summed E-state index contributed by atoms with van der Waals surface area (Å²) in [6, 6.07) is 14.5. The monoisotopic (exact) mass is 404 g/mol. The number of ketones is 2. The van der Waals surface area contributed by atoms with Gasteiger partial charge in [-0.15, -0.1) is 0 Å². The normalized spacial score (nSPS) is 22.1. The molecule has 0 radical (unpaired) electrons. The summed E-state index contributed by atoms with van der Waals surface area (Å²) in [7, 11) is 0. The number of Topliss-reactive ketones (excluding diaryl/α,β-unsaturated/α-hetero) is 2. The second-order valence-corrected chi connectivity index (χ2v) is 8.51. The van der Waals surface area contributed by atoms with Gasteiger partial charge >= 0.3 is 0 Å². The molecule has 1 N–H and O–H groups in total. The summed E-state index contributed by atoms with van der Waals surface area (Å²) in [5, 5.41) is 12.6. The number of anilines is 1. The average Bonchev–Trinajstić information content (AvgIpc) is 3.11. The van der Waals surface area contributed by atoms with Crippen LogP contribution in [0, 0.1) is 0 Å². The lowest BCUT2D eigenvalue weighted by atomic mass is 9.79. The van der Waals surface area contributed by atoms with E-state index in [0.717, 1.165) is 29.8 Å². The number of unbranched alkanes of at least 4 members (excludes halogenated alkanes) is 2. The molecule has 3 aliphatic rings. The number of hydrogen-bond acceptors (Lipinski definition) is 6. The Bertz CT molecular complexity index is 1120. The standard InChI is InChI=1S/C23H20N2O3S/c1-2-3-8-13-23(28)18-19(21(27)15-10-5-4-9-14(15)20(18)26)24-22-25(23)16-11-6-7-12-17(16)29-22/h4-7,9-12,28H,2-3,8,13H2,1H3. The van der Waals surface area contributed by atoms with E-state index in [4.69, 9.17) is 0 Å². The molecule has 0 spiro atoms. The van der Waals surface area contributed by atoms with Crippen molar-refractivity contribution in [3.63, 3.8) is 0 Å². The van der Waals surface area contributed by atoms with Gasteiger partial charge in [0.05, 0.1) is 11.3 Å². The number of aliphatic imine (C=N–C) groups is 1. The van der Waals surface area contributed by atoms with Crippen molar-refractivity contribution in [1.29, 1.82) is 0 Å². The summed E-state index contributed by atoms with van der Waals surface area (Å²) >= 11 is 1.42. The second-order valence-electron chi connectivity index (χ2n) is 7.50. The fourth-order valence-electron chi connectivity index (χ4n) is 4.31. The third kappa shape index (κ3) is 2.56. The molecular weight excluding hydrogens is 384 g/mol. The number of nitrogens with zero attached hydrogens (tertiary/aromatic N) is 2. The lowest BCUT2D eigenvalue weighted by Gasteiger charge is -2.43.